The Hall–Kier alpha value is -0.920. The van der Waals surface area contributed by atoms with Gasteiger partial charge in [-0.3, -0.25) is 0 Å². The highest BCUT2D eigenvalue weighted by molar-refractivity contribution is 4.99. The van der Waals surface area contributed by atoms with Crippen LogP contribution in [-0.4, -0.2) is 12.7 Å². The second-order valence-electron chi connectivity index (χ2n) is 1.83. The fourth-order valence-electron chi connectivity index (χ4n) is 0.391. The van der Waals surface area contributed by atoms with Crippen molar-refractivity contribution in [1.82, 2.24) is 0 Å². The van der Waals surface area contributed by atoms with Gasteiger partial charge in [0, 0.05) is 6.42 Å². The van der Waals surface area contributed by atoms with Crippen molar-refractivity contribution in [2.75, 3.05) is 6.61 Å². The van der Waals surface area contributed by atoms with Gasteiger partial charge in [-0.15, -0.1) is 12.3 Å². The molecule has 0 aliphatic heterocycles. The highest BCUT2D eigenvalue weighted by atomic mass is 16.5. The van der Waals surface area contributed by atoms with Gasteiger partial charge in [-0.05, 0) is 6.92 Å². The summed E-state index contributed by atoms with van der Waals surface area (Å²) in [5.41, 5.74) is 0. The zero-order valence-electron chi connectivity index (χ0n) is 6.48. The van der Waals surface area contributed by atoms with Crippen LogP contribution in [-0.2, 0) is 4.74 Å². The molecule has 0 saturated heterocycles. The van der Waals surface area contributed by atoms with Crippen molar-refractivity contribution in [1.29, 1.82) is 0 Å². The summed E-state index contributed by atoms with van der Waals surface area (Å²) in [7, 11) is 0. The van der Waals surface area contributed by atoms with E-state index in [1.807, 2.05) is 13.8 Å². The molecule has 1 heteroatoms. The Bertz CT molecular complexity index is 165. The van der Waals surface area contributed by atoms with Crippen LogP contribution < -0.4 is 0 Å². The predicted molar refractivity (Wildman–Crippen MR) is 42.3 cm³/mol. The quantitative estimate of drug-likeness (QED) is 0.522. The molecular formula is C9H12O. The Morgan fingerprint density at radius 3 is 2.70 bits per heavy atom. The summed E-state index contributed by atoms with van der Waals surface area (Å²) in [6, 6.07) is 0. The van der Waals surface area contributed by atoms with Gasteiger partial charge in [0.2, 0.25) is 0 Å². The lowest BCUT2D eigenvalue weighted by Gasteiger charge is -1.99. The first-order valence-electron chi connectivity index (χ1n) is 3.34. The van der Waals surface area contributed by atoms with Crippen molar-refractivity contribution in [3.05, 3.63) is 0 Å². The summed E-state index contributed by atoms with van der Waals surface area (Å²) < 4.78 is 5.08. The summed E-state index contributed by atoms with van der Waals surface area (Å²) in [5, 5.41) is 0. The minimum Gasteiger partial charge on any atom is -0.353 e. The van der Waals surface area contributed by atoms with E-state index >= 15 is 0 Å². The van der Waals surface area contributed by atoms with Crippen molar-refractivity contribution in [3.8, 4) is 24.2 Å². The summed E-state index contributed by atoms with van der Waals surface area (Å²) in [6.45, 7) is 4.27. The van der Waals surface area contributed by atoms with Crippen LogP contribution in [0.1, 0.15) is 20.3 Å². The summed E-state index contributed by atoms with van der Waals surface area (Å²) >= 11 is 0. The van der Waals surface area contributed by atoms with Crippen molar-refractivity contribution < 1.29 is 4.74 Å². The fraction of sp³-hybridized carbons (Fsp3) is 0.556. The molecule has 0 aromatic carbocycles. The van der Waals surface area contributed by atoms with Crippen LogP contribution in [0.4, 0.5) is 0 Å². The van der Waals surface area contributed by atoms with Gasteiger partial charge < -0.3 is 4.74 Å². The molecule has 0 aromatic rings. The molecule has 0 unspecified atom stereocenters. The minimum absolute atomic E-state index is 0.119. The Labute approximate surface area is 62.8 Å². The Balaban J connectivity index is 3.29. The minimum atomic E-state index is -0.119. The largest absolute Gasteiger partial charge is 0.353 e. The van der Waals surface area contributed by atoms with E-state index in [-0.39, 0.29) is 6.10 Å². The smallest absolute Gasteiger partial charge is 0.116 e. The first-order valence-corrected chi connectivity index (χ1v) is 3.34. The molecule has 1 atom stereocenters. The lowest BCUT2D eigenvalue weighted by atomic mass is 10.4. The molecule has 0 bridgehead atoms. The van der Waals surface area contributed by atoms with Crippen molar-refractivity contribution in [3.63, 3.8) is 0 Å². The maximum atomic E-state index is 5.08. The third-order valence-electron chi connectivity index (χ3n) is 0.942. The van der Waals surface area contributed by atoms with Crippen LogP contribution in [0.5, 0.6) is 0 Å². The van der Waals surface area contributed by atoms with Crippen molar-refractivity contribution in [2.24, 2.45) is 0 Å². The summed E-state index contributed by atoms with van der Waals surface area (Å²) in [4.78, 5) is 0. The van der Waals surface area contributed by atoms with E-state index in [2.05, 4.69) is 17.8 Å². The van der Waals surface area contributed by atoms with E-state index in [9.17, 15) is 0 Å². The summed E-state index contributed by atoms with van der Waals surface area (Å²) in [6.07, 6.45) is 5.81. The highest BCUT2D eigenvalue weighted by Crippen LogP contribution is 1.84. The molecule has 0 aliphatic rings. The molecule has 0 aromatic heterocycles. The molecular weight excluding hydrogens is 124 g/mol. The average Bonchev–Trinajstić information content (AvgIpc) is 1.98. The fourth-order valence-corrected chi connectivity index (χ4v) is 0.391. The number of terminal acetylenes is 1. The van der Waals surface area contributed by atoms with Gasteiger partial charge >= 0.3 is 0 Å². The highest BCUT2D eigenvalue weighted by Gasteiger charge is 1.90. The summed E-state index contributed by atoms with van der Waals surface area (Å²) in [5.74, 6) is 8.17. The molecule has 0 heterocycles. The average molecular weight is 136 g/mol. The van der Waals surface area contributed by atoms with E-state index < -0.39 is 0 Å². The van der Waals surface area contributed by atoms with Gasteiger partial charge in [-0.25, -0.2) is 0 Å². The first-order chi connectivity index (χ1) is 4.81. The molecule has 0 amide bonds. The lowest BCUT2D eigenvalue weighted by Crippen LogP contribution is -2.04. The topological polar surface area (TPSA) is 9.23 Å². The van der Waals surface area contributed by atoms with Crippen molar-refractivity contribution in [2.45, 2.75) is 26.4 Å². The van der Waals surface area contributed by atoms with Crippen LogP contribution in [0, 0.1) is 24.2 Å². The molecule has 0 saturated carbocycles. The first kappa shape index (κ1) is 9.08. The third-order valence-corrected chi connectivity index (χ3v) is 0.942. The second-order valence-corrected chi connectivity index (χ2v) is 1.83. The van der Waals surface area contributed by atoms with E-state index in [1.54, 1.807) is 0 Å². The van der Waals surface area contributed by atoms with Crippen LogP contribution >= 0.6 is 0 Å². The normalized spacial score (nSPS) is 10.9. The molecule has 0 rings (SSSR count). The molecule has 54 valence electrons. The second kappa shape index (κ2) is 6.20. The third kappa shape index (κ3) is 5.22. The lowest BCUT2D eigenvalue weighted by molar-refractivity contribution is 0.134. The van der Waals surface area contributed by atoms with E-state index in [4.69, 9.17) is 11.2 Å². The monoisotopic (exact) mass is 136 g/mol. The van der Waals surface area contributed by atoms with E-state index in [0.29, 0.717) is 6.61 Å². The van der Waals surface area contributed by atoms with Gasteiger partial charge in [-0.1, -0.05) is 18.8 Å². The zero-order chi connectivity index (χ0) is 7.82. The van der Waals surface area contributed by atoms with Crippen LogP contribution in [0.15, 0.2) is 0 Å². The van der Waals surface area contributed by atoms with E-state index in [0.717, 1.165) is 6.42 Å². The SMILES string of the molecule is C#C[C@H](C)OCC#CCC. The Kier molecular flexibility index (Phi) is 5.63. The molecule has 0 fully saturated rings. The maximum Gasteiger partial charge on any atom is 0.116 e. The van der Waals surface area contributed by atoms with E-state index in [1.165, 1.54) is 0 Å². The van der Waals surface area contributed by atoms with Gasteiger partial charge in [0.15, 0.2) is 0 Å². The van der Waals surface area contributed by atoms with Crippen LogP contribution in [0.25, 0.3) is 0 Å². The van der Waals surface area contributed by atoms with Gasteiger partial charge in [0.05, 0.1) is 0 Å². The standard InChI is InChI=1S/C9H12O/c1-4-6-7-8-10-9(3)5-2/h2,9H,4,8H2,1,3H3/t9-/m0/s1. The Morgan fingerprint density at radius 1 is 1.50 bits per heavy atom. The number of ether oxygens (including phenoxy) is 1. The van der Waals surface area contributed by atoms with Crippen molar-refractivity contribution >= 4 is 0 Å². The Morgan fingerprint density at radius 2 is 2.20 bits per heavy atom. The maximum absolute atomic E-state index is 5.08. The molecule has 0 N–H and O–H groups in total. The van der Waals surface area contributed by atoms with Gasteiger partial charge in [0.1, 0.15) is 12.7 Å². The number of hydrogen-bond donors (Lipinski definition) is 0. The zero-order valence-corrected chi connectivity index (χ0v) is 6.48. The number of hydrogen-bond acceptors (Lipinski definition) is 1. The van der Waals surface area contributed by atoms with Crippen LogP contribution in [0.2, 0.25) is 0 Å². The molecule has 0 radical (unpaired) electrons. The van der Waals surface area contributed by atoms with Gasteiger partial charge in [-0.2, -0.15) is 0 Å². The molecule has 1 nitrogen and oxygen atoms in total. The predicted octanol–water partition coefficient (Wildman–Crippen LogP) is 1.44. The van der Waals surface area contributed by atoms with Gasteiger partial charge in [0.25, 0.3) is 0 Å². The molecule has 0 aliphatic carbocycles. The molecule has 0 spiro atoms. The molecule has 10 heavy (non-hydrogen) atoms. The van der Waals surface area contributed by atoms with Crippen LogP contribution in [0.3, 0.4) is 0 Å². The number of rotatable bonds is 2.